The number of ketones is 1. The van der Waals surface area contributed by atoms with Crippen LogP contribution < -0.4 is 14.8 Å². The second-order valence-corrected chi connectivity index (χ2v) is 12.0. The fourth-order valence-corrected chi connectivity index (χ4v) is 5.04. The van der Waals surface area contributed by atoms with Crippen LogP contribution in [0.1, 0.15) is 53.9 Å². The first-order chi connectivity index (χ1) is 22.9. The predicted octanol–water partition coefficient (Wildman–Crippen LogP) is 5.93. The number of hydrogen-bond acceptors (Lipinski definition) is 9. The third kappa shape index (κ3) is 9.07. The number of rotatable bonds is 15. The first-order valence-corrected chi connectivity index (χ1v) is 15.5. The summed E-state index contributed by atoms with van der Waals surface area (Å²) >= 11 is 6.07. The van der Waals surface area contributed by atoms with Crippen LogP contribution in [0.15, 0.2) is 78.9 Å². The van der Waals surface area contributed by atoms with E-state index in [0.29, 0.717) is 28.2 Å². The number of amides is 1. The van der Waals surface area contributed by atoms with Gasteiger partial charge in [-0.3, -0.25) is 4.79 Å². The standard InChI is InChI=1S/C36H38ClFN2O8/c1-35(22-42,40-34(44)48-21-23-7-5-4-6-8-23)26-19-29(24-9-11-28(38)27(37)17-24)39-33(20-26)36(2,45)14-13-30(43)25-10-12-31(47-16-15-41)32(18-25)46-3/h4-12,17-20,41-42,45H,13-16,21-22H2,1-3H3,(H,40,44). The molecule has 0 aliphatic rings. The van der Waals surface area contributed by atoms with Crippen molar-refractivity contribution in [3.05, 3.63) is 112 Å². The summed E-state index contributed by atoms with van der Waals surface area (Å²) in [7, 11) is 1.43. The topological polar surface area (TPSA) is 147 Å². The summed E-state index contributed by atoms with van der Waals surface area (Å²) in [4.78, 5) is 30.7. The van der Waals surface area contributed by atoms with Gasteiger partial charge in [0, 0.05) is 17.5 Å². The minimum atomic E-state index is -1.68. The Kier molecular flexibility index (Phi) is 12.1. The van der Waals surface area contributed by atoms with Crippen LogP contribution in [0.5, 0.6) is 11.5 Å². The molecule has 0 aliphatic heterocycles. The average Bonchev–Trinajstić information content (AvgIpc) is 3.10. The number of nitrogens with zero attached hydrogens (tertiary/aromatic N) is 1. The number of methoxy groups -OCH3 is 1. The summed E-state index contributed by atoms with van der Waals surface area (Å²) in [5.41, 5.74) is -0.806. The van der Waals surface area contributed by atoms with Crippen molar-refractivity contribution in [3.8, 4) is 22.8 Å². The molecule has 4 aromatic rings. The molecule has 0 radical (unpaired) electrons. The molecule has 4 N–H and O–H groups in total. The van der Waals surface area contributed by atoms with Gasteiger partial charge in [-0.15, -0.1) is 0 Å². The summed E-state index contributed by atoms with van der Waals surface area (Å²) < 4.78 is 30.2. The number of halogens is 2. The van der Waals surface area contributed by atoms with E-state index in [-0.39, 0.29) is 54.9 Å². The summed E-state index contributed by atoms with van der Waals surface area (Å²) in [5.74, 6) is -0.230. The first kappa shape index (κ1) is 36.3. The van der Waals surface area contributed by atoms with Gasteiger partial charge in [-0.2, -0.15) is 0 Å². The van der Waals surface area contributed by atoms with Crippen molar-refractivity contribution in [1.29, 1.82) is 0 Å². The van der Waals surface area contributed by atoms with Gasteiger partial charge in [0.15, 0.2) is 17.3 Å². The maximum absolute atomic E-state index is 14.0. The fourth-order valence-electron chi connectivity index (χ4n) is 4.86. The number of nitrogens with one attached hydrogen (secondary N) is 1. The number of benzene rings is 3. The van der Waals surface area contributed by atoms with Crippen LogP contribution in [-0.2, 0) is 22.5 Å². The minimum Gasteiger partial charge on any atom is -0.493 e. The molecule has 2 unspecified atom stereocenters. The van der Waals surface area contributed by atoms with Gasteiger partial charge >= 0.3 is 6.09 Å². The van der Waals surface area contributed by atoms with Crippen molar-refractivity contribution in [3.63, 3.8) is 0 Å². The minimum absolute atomic E-state index is 0.00211. The Labute approximate surface area is 283 Å². The number of aliphatic hydroxyl groups excluding tert-OH is 2. The van der Waals surface area contributed by atoms with E-state index in [0.717, 1.165) is 5.56 Å². The first-order valence-electron chi connectivity index (χ1n) is 15.1. The second kappa shape index (κ2) is 16.0. The van der Waals surface area contributed by atoms with Crippen molar-refractivity contribution in [1.82, 2.24) is 10.3 Å². The van der Waals surface area contributed by atoms with Crippen LogP contribution in [0.25, 0.3) is 11.3 Å². The molecular formula is C36H38ClFN2O8. The van der Waals surface area contributed by atoms with Gasteiger partial charge in [0.2, 0.25) is 0 Å². The maximum Gasteiger partial charge on any atom is 0.408 e. The summed E-state index contributed by atoms with van der Waals surface area (Å²) in [5, 5.41) is 33.8. The number of carbonyl (C=O) groups excluding carboxylic acids is 2. The number of Topliss-reactive ketones (excluding diaryl/α,β-unsaturated/α-hetero) is 1. The summed E-state index contributed by atoms with van der Waals surface area (Å²) in [6.45, 7) is 2.40. The van der Waals surface area contributed by atoms with Gasteiger partial charge in [-0.05, 0) is 79.9 Å². The van der Waals surface area contributed by atoms with Crippen molar-refractivity contribution in [2.45, 2.75) is 44.4 Å². The Balaban J connectivity index is 1.63. The maximum atomic E-state index is 14.0. The van der Waals surface area contributed by atoms with Gasteiger partial charge in [-0.1, -0.05) is 41.9 Å². The van der Waals surface area contributed by atoms with Gasteiger partial charge in [0.1, 0.15) is 24.6 Å². The molecule has 0 fully saturated rings. The molecule has 4 rings (SSSR count). The normalized spacial score (nSPS) is 13.6. The van der Waals surface area contributed by atoms with Crippen LogP contribution in [0.3, 0.4) is 0 Å². The third-order valence-corrected chi connectivity index (χ3v) is 8.10. The van der Waals surface area contributed by atoms with Gasteiger partial charge < -0.3 is 34.8 Å². The summed E-state index contributed by atoms with van der Waals surface area (Å²) in [6, 6.07) is 20.9. The number of ether oxygens (including phenoxy) is 3. The van der Waals surface area contributed by atoms with Crippen molar-refractivity contribution >= 4 is 23.5 Å². The number of aromatic nitrogens is 1. The quantitative estimate of drug-likeness (QED) is 0.112. The summed E-state index contributed by atoms with van der Waals surface area (Å²) in [6.07, 6.45) is -0.933. The molecule has 48 heavy (non-hydrogen) atoms. The van der Waals surface area contributed by atoms with Gasteiger partial charge in [0.25, 0.3) is 0 Å². The highest BCUT2D eigenvalue weighted by molar-refractivity contribution is 6.31. The van der Waals surface area contributed by atoms with E-state index in [4.69, 9.17) is 30.9 Å². The predicted molar refractivity (Wildman–Crippen MR) is 178 cm³/mol. The van der Waals surface area contributed by atoms with E-state index in [9.17, 15) is 24.2 Å². The number of pyridine rings is 1. The fraction of sp³-hybridized carbons (Fsp3) is 0.306. The SMILES string of the molecule is COc1cc(C(=O)CCC(C)(O)c2cc(C(C)(CO)NC(=O)OCc3ccccc3)cc(-c3ccc(F)c(Cl)c3)n2)ccc1OCCO. The Morgan fingerprint density at radius 3 is 2.40 bits per heavy atom. The lowest BCUT2D eigenvalue weighted by Crippen LogP contribution is -2.46. The van der Waals surface area contributed by atoms with E-state index in [2.05, 4.69) is 10.3 Å². The lowest BCUT2D eigenvalue weighted by Gasteiger charge is -2.31. The van der Waals surface area contributed by atoms with Crippen LogP contribution in [0, 0.1) is 5.82 Å². The number of hydrogen-bond donors (Lipinski definition) is 4. The van der Waals surface area contributed by atoms with E-state index < -0.39 is 29.7 Å². The van der Waals surface area contributed by atoms with E-state index >= 15 is 0 Å². The zero-order chi connectivity index (χ0) is 34.9. The van der Waals surface area contributed by atoms with Crippen LogP contribution in [-0.4, -0.2) is 59.1 Å². The number of carbonyl (C=O) groups is 2. The van der Waals surface area contributed by atoms with E-state index in [1.165, 1.54) is 44.4 Å². The highest BCUT2D eigenvalue weighted by Crippen LogP contribution is 2.34. The average molecular weight is 681 g/mol. The number of alkyl carbamates (subject to hydrolysis) is 1. The smallest absolute Gasteiger partial charge is 0.408 e. The molecule has 2 atom stereocenters. The zero-order valence-electron chi connectivity index (χ0n) is 26.8. The Hall–Kier alpha value is -4.55. The lowest BCUT2D eigenvalue weighted by molar-refractivity contribution is 0.0395. The molecule has 0 bridgehead atoms. The van der Waals surface area contributed by atoms with Gasteiger partial charge in [-0.25, -0.2) is 14.2 Å². The Morgan fingerprint density at radius 1 is 0.979 bits per heavy atom. The molecule has 1 heterocycles. The molecule has 10 nitrogen and oxygen atoms in total. The van der Waals surface area contributed by atoms with Crippen LogP contribution >= 0.6 is 11.6 Å². The highest BCUT2D eigenvalue weighted by atomic mass is 35.5. The van der Waals surface area contributed by atoms with Gasteiger partial charge in [0.05, 0.1) is 42.3 Å². The third-order valence-electron chi connectivity index (χ3n) is 7.81. The zero-order valence-corrected chi connectivity index (χ0v) is 27.6. The van der Waals surface area contributed by atoms with Crippen LogP contribution in [0.4, 0.5) is 9.18 Å². The largest absolute Gasteiger partial charge is 0.493 e. The van der Waals surface area contributed by atoms with Crippen molar-refractivity contribution in [2.24, 2.45) is 0 Å². The molecule has 3 aromatic carbocycles. The molecule has 254 valence electrons. The molecule has 0 spiro atoms. The van der Waals surface area contributed by atoms with E-state index in [1.54, 1.807) is 37.3 Å². The van der Waals surface area contributed by atoms with Crippen LogP contribution in [0.2, 0.25) is 5.02 Å². The molecule has 0 saturated heterocycles. The Bertz CT molecular complexity index is 1740. The molecular weight excluding hydrogens is 643 g/mol. The monoisotopic (exact) mass is 680 g/mol. The van der Waals surface area contributed by atoms with Crippen molar-refractivity contribution < 1.29 is 43.5 Å². The highest BCUT2D eigenvalue weighted by Gasteiger charge is 2.34. The lowest BCUT2D eigenvalue weighted by atomic mass is 9.87. The van der Waals surface area contributed by atoms with Crippen molar-refractivity contribution in [2.75, 3.05) is 26.9 Å². The van der Waals surface area contributed by atoms with E-state index in [1.807, 2.05) is 18.2 Å². The number of aliphatic hydroxyl groups is 3. The Morgan fingerprint density at radius 2 is 1.73 bits per heavy atom. The second-order valence-electron chi connectivity index (χ2n) is 11.6. The molecule has 0 aliphatic carbocycles. The molecule has 1 aromatic heterocycles. The molecule has 12 heteroatoms. The molecule has 1 amide bonds. The molecule has 0 saturated carbocycles.